The number of hydrogen-bond acceptors (Lipinski definition) is 1. The van der Waals surface area contributed by atoms with E-state index in [-0.39, 0.29) is 33.2 Å². The fraction of sp³-hybridized carbons (Fsp3) is 0.900. The maximum absolute atomic E-state index is 10.6. The molecule has 0 amide bonds. The van der Waals surface area contributed by atoms with Gasteiger partial charge in [-0.3, -0.25) is 4.79 Å². The molecule has 2 radical (unpaired) electrons. The average molecular weight is 381 g/mol. The molecule has 0 aromatic heterocycles. The zero-order chi connectivity index (χ0) is 9.40. The SMILES string of the molecule is CCCCCCC(CC)C(=O)O.[PbH2]. The molecule has 2 nitrogen and oxygen atoms in total. The Balaban J connectivity index is 0. The average Bonchev–Trinajstić information content (AvgIpc) is 2.04. The molecule has 0 saturated heterocycles. The summed E-state index contributed by atoms with van der Waals surface area (Å²) in [5.74, 6) is -0.740. The van der Waals surface area contributed by atoms with E-state index in [0.717, 1.165) is 19.3 Å². The molecular formula is C10H22O2Pb. The van der Waals surface area contributed by atoms with Gasteiger partial charge in [0.25, 0.3) is 0 Å². The molecule has 0 rings (SSSR count). The first-order chi connectivity index (χ1) is 5.72. The van der Waals surface area contributed by atoms with Crippen LogP contribution in [0, 0.1) is 5.92 Å². The van der Waals surface area contributed by atoms with E-state index in [1.165, 1.54) is 19.3 Å². The van der Waals surface area contributed by atoms with E-state index in [1.54, 1.807) is 0 Å². The summed E-state index contributed by atoms with van der Waals surface area (Å²) in [6.45, 7) is 4.10. The fourth-order valence-electron chi connectivity index (χ4n) is 1.32. The van der Waals surface area contributed by atoms with Crippen LogP contribution in [0.15, 0.2) is 0 Å². The number of carboxylic acids is 1. The van der Waals surface area contributed by atoms with Gasteiger partial charge in [0.2, 0.25) is 0 Å². The zero-order valence-corrected chi connectivity index (χ0v) is 14.4. The van der Waals surface area contributed by atoms with Crippen LogP contribution in [0.5, 0.6) is 0 Å². The second-order valence-corrected chi connectivity index (χ2v) is 3.29. The van der Waals surface area contributed by atoms with Crippen LogP contribution < -0.4 is 0 Å². The molecule has 78 valence electrons. The Morgan fingerprint density at radius 1 is 1.23 bits per heavy atom. The van der Waals surface area contributed by atoms with Gasteiger partial charge in [0.05, 0.1) is 5.92 Å². The first-order valence-corrected chi connectivity index (χ1v) is 4.95. The molecule has 0 aromatic carbocycles. The van der Waals surface area contributed by atoms with Gasteiger partial charge in [-0.05, 0) is 12.8 Å². The predicted molar refractivity (Wildman–Crippen MR) is 58.7 cm³/mol. The molecule has 3 heteroatoms. The van der Waals surface area contributed by atoms with Crippen molar-refractivity contribution in [1.29, 1.82) is 0 Å². The molecule has 1 atom stereocenters. The van der Waals surface area contributed by atoms with Crippen molar-refractivity contribution in [1.82, 2.24) is 0 Å². The molecule has 0 fully saturated rings. The Hall–Kier alpha value is 0.392. The molecule has 0 saturated carbocycles. The molecule has 0 aliphatic heterocycles. The van der Waals surface area contributed by atoms with Crippen LogP contribution in [-0.4, -0.2) is 38.4 Å². The Morgan fingerprint density at radius 2 is 1.85 bits per heavy atom. The monoisotopic (exact) mass is 382 g/mol. The second-order valence-electron chi connectivity index (χ2n) is 3.29. The molecular weight excluding hydrogens is 359 g/mol. The molecule has 13 heavy (non-hydrogen) atoms. The summed E-state index contributed by atoms with van der Waals surface area (Å²) >= 11 is 0. The third-order valence-electron chi connectivity index (χ3n) is 2.25. The van der Waals surface area contributed by atoms with E-state index >= 15 is 0 Å². The summed E-state index contributed by atoms with van der Waals surface area (Å²) in [6.07, 6.45) is 6.31. The maximum atomic E-state index is 10.6. The molecule has 0 aliphatic carbocycles. The van der Waals surface area contributed by atoms with Crippen molar-refractivity contribution >= 4 is 33.3 Å². The summed E-state index contributed by atoms with van der Waals surface area (Å²) in [4.78, 5) is 10.6. The Morgan fingerprint density at radius 3 is 2.23 bits per heavy atom. The van der Waals surface area contributed by atoms with Crippen molar-refractivity contribution in [3.8, 4) is 0 Å². The van der Waals surface area contributed by atoms with E-state index in [4.69, 9.17) is 5.11 Å². The van der Waals surface area contributed by atoms with Crippen LogP contribution in [0.1, 0.15) is 52.4 Å². The number of unbranched alkanes of at least 4 members (excludes halogenated alkanes) is 3. The van der Waals surface area contributed by atoms with Gasteiger partial charge < -0.3 is 5.11 Å². The number of carbonyl (C=O) groups is 1. The van der Waals surface area contributed by atoms with E-state index in [1.807, 2.05) is 6.92 Å². The second kappa shape index (κ2) is 10.5. The summed E-state index contributed by atoms with van der Waals surface area (Å²) < 4.78 is 0. The molecule has 0 aliphatic rings. The summed E-state index contributed by atoms with van der Waals surface area (Å²) in [6, 6.07) is 0. The predicted octanol–water partition coefficient (Wildman–Crippen LogP) is 2.15. The van der Waals surface area contributed by atoms with Crippen LogP contribution in [0.3, 0.4) is 0 Å². The number of carboxylic acid groups (broad SMARTS) is 1. The minimum absolute atomic E-state index is 0. The Kier molecular flexibility index (Phi) is 12.8. The Bertz CT molecular complexity index is 126. The number of rotatable bonds is 7. The van der Waals surface area contributed by atoms with E-state index < -0.39 is 5.97 Å². The molecule has 0 aromatic rings. The van der Waals surface area contributed by atoms with Gasteiger partial charge in [-0.25, -0.2) is 0 Å². The normalized spacial score (nSPS) is 11.8. The van der Waals surface area contributed by atoms with Gasteiger partial charge in [0.1, 0.15) is 0 Å². The Labute approximate surface area is 101 Å². The van der Waals surface area contributed by atoms with Crippen molar-refractivity contribution in [2.45, 2.75) is 52.4 Å². The quantitative estimate of drug-likeness (QED) is 0.542. The van der Waals surface area contributed by atoms with Crippen molar-refractivity contribution in [3.05, 3.63) is 0 Å². The standard InChI is InChI=1S/C10H20O2.Pb.2H/c1-3-5-6-7-8-9(4-2)10(11)12;;;/h9H,3-8H2,1-2H3,(H,11,12);;;. The van der Waals surface area contributed by atoms with Crippen molar-refractivity contribution in [2.24, 2.45) is 5.92 Å². The number of hydrogen-bond donors (Lipinski definition) is 1. The fourth-order valence-corrected chi connectivity index (χ4v) is 1.32. The van der Waals surface area contributed by atoms with Crippen molar-refractivity contribution < 1.29 is 9.90 Å². The third kappa shape index (κ3) is 8.71. The van der Waals surface area contributed by atoms with Gasteiger partial charge in [-0.2, -0.15) is 0 Å². The first-order valence-electron chi connectivity index (χ1n) is 4.95. The van der Waals surface area contributed by atoms with Crippen molar-refractivity contribution in [2.75, 3.05) is 0 Å². The third-order valence-corrected chi connectivity index (χ3v) is 2.25. The molecule has 0 bridgehead atoms. The first kappa shape index (κ1) is 15.8. The van der Waals surface area contributed by atoms with Gasteiger partial charge in [-0.15, -0.1) is 0 Å². The summed E-state index contributed by atoms with van der Waals surface area (Å²) in [5, 5.41) is 8.73. The van der Waals surface area contributed by atoms with Gasteiger partial charge >= 0.3 is 33.3 Å². The molecule has 1 unspecified atom stereocenters. The number of aliphatic carboxylic acids is 1. The van der Waals surface area contributed by atoms with Crippen LogP contribution in [0.4, 0.5) is 0 Å². The topological polar surface area (TPSA) is 37.3 Å². The van der Waals surface area contributed by atoms with Crippen LogP contribution >= 0.6 is 0 Å². The van der Waals surface area contributed by atoms with Crippen LogP contribution in [0.25, 0.3) is 0 Å². The van der Waals surface area contributed by atoms with Crippen LogP contribution in [0.2, 0.25) is 0 Å². The van der Waals surface area contributed by atoms with Gasteiger partial charge in [0.15, 0.2) is 0 Å². The summed E-state index contributed by atoms with van der Waals surface area (Å²) in [7, 11) is 0. The molecule has 1 N–H and O–H groups in total. The van der Waals surface area contributed by atoms with Crippen LogP contribution in [-0.2, 0) is 4.79 Å². The van der Waals surface area contributed by atoms with Crippen molar-refractivity contribution in [3.63, 3.8) is 0 Å². The van der Waals surface area contributed by atoms with Gasteiger partial charge in [-0.1, -0.05) is 39.5 Å². The molecule has 0 heterocycles. The van der Waals surface area contributed by atoms with E-state index in [9.17, 15) is 4.79 Å². The zero-order valence-electron chi connectivity index (χ0n) is 8.88. The minimum atomic E-state index is -0.631. The van der Waals surface area contributed by atoms with Gasteiger partial charge in [0, 0.05) is 0 Å². The molecule has 0 spiro atoms. The summed E-state index contributed by atoms with van der Waals surface area (Å²) in [5.41, 5.74) is 0. The van der Waals surface area contributed by atoms with E-state index in [0.29, 0.717) is 0 Å². The van der Waals surface area contributed by atoms with E-state index in [2.05, 4.69) is 6.92 Å².